The van der Waals surface area contributed by atoms with E-state index in [-0.39, 0.29) is 5.56 Å². The van der Waals surface area contributed by atoms with Gasteiger partial charge in [0.25, 0.3) is 5.56 Å². The quantitative estimate of drug-likeness (QED) is 0.786. The Labute approximate surface area is 119 Å². The second-order valence-corrected chi connectivity index (χ2v) is 4.64. The fourth-order valence-electron chi connectivity index (χ4n) is 2.13. The van der Waals surface area contributed by atoms with Crippen molar-refractivity contribution < 1.29 is 0 Å². The average Bonchev–Trinajstić information content (AvgIpc) is 2.47. The molecule has 0 amide bonds. The fourth-order valence-corrected chi connectivity index (χ4v) is 2.29. The largest absolute Gasteiger partial charge is 0.358 e. The van der Waals surface area contributed by atoms with Crippen LogP contribution in [0.2, 0.25) is 5.02 Å². The van der Waals surface area contributed by atoms with Crippen molar-refractivity contribution in [3.63, 3.8) is 0 Å². The Bertz CT molecular complexity index is 830. The standard InChI is InChI=1S/C14H11ClN4O/c1-16-14-18-13(20)12(9-3-2-5-17-8-9)11-7-10(15)4-6-19(11)14/h2-8H,1H3,(H,16,18,20). The van der Waals surface area contributed by atoms with E-state index in [2.05, 4.69) is 15.3 Å². The predicted octanol–water partition coefficient (Wildman–Crippen LogP) is 2.45. The van der Waals surface area contributed by atoms with Crippen molar-refractivity contribution in [3.05, 3.63) is 58.2 Å². The summed E-state index contributed by atoms with van der Waals surface area (Å²) in [5.41, 5.74) is 1.58. The van der Waals surface area contributed by atoms with Crippen molar-refractivity contribution in [2.45, 2.75) is 0 Å². The molecule has 3 aromatic heterocycles. The molecule has 5 nitrogen and oxygen atoms in total. The van der Waals surface area contributed by atoms with Crippen LogP contribution in [-0.2, 0) is 0 Å². The van der Waals surface area contributed by atoms with E-state index >= 15 is 0 Å². The Hall–Kier alpha value is -2.40. The number of pyridine rings is 2. The number of halogens is 1. The Balaban J connectivity index is 2.46. The first-order valence-electron chi connectivity index (χ1n) is 6.01. The van der Waals surface area contributed by atoms with Crippen LogP contribution in [0.25, 0.3) is 16.6 Å². The van der Waals surface area contributed by atoms with E-state index in [0.717, 1.165) is 0 Å². The van der Waals surface area contributed by atoms with E-state index in [4.69, 9.17) is 11.6 Å². The normalized spacial score (nSPS) is 10.7. The van der Waals surface area contributed by atoms with Gasteiger partial charge in [-0.1, -0.05) is 17.7 Å². The Morgan fingerprint density at radius 2 is 2.20 bits per heavy atom. The molecule has 3 heterocycles. The van der Waals surface area contributed by atoms with Crippen molar-refractivity contribution in [1.29, 1.82) is 0 Å². The molecule has 0 unspecified atom stereocenters. The zero-order valence-corrected chi connectivity index (χ0v) is 11.4. The molecule has 0 aliphatic carbocycles. The minimum absolute atomic E-state index is 0.315. The summed E-state index contributed by atoms with van der Waals surface area (Å²) in [4.78, 5) is 20.4. The monoisotopic (exact) mass is 286 g/mol. The lowest BCUT2D eigenvalue weighted by Crippen LogP contribution is -2.16. The van der Waals surface area contributed by atoms with E-state index in [1.807, 2.05) is 6.07 Å². The summed E-state index contributed by atoms with van der Waals surface area (Å²) < 4.78 is 1.79. The minimum atomic E-state index is -0.315. The molecule has 0 fully saturated rings. The van der Waals surface area contributed by atoms with E-state index in [1.165, 1.54) is 0 Å². The maximum absolute atomic E-state index is 12.3. The zero-order chi connectivity index (χ0) is 14.1. The molecule has 0 aliphatic heterocycles. The topological polar surface area (TPSA) is 59.3 Å². The van der Waals surface area contributed by atoms with Gasteiger partial charge in [-0.05, 0) is 18.2 Å². The third-order valence-electron chi connectivity index (χ3n) is 3.00. The summed E-state index contributed by atoms with van der Waals surface area (Å²) >= 11 is 6.05. The Morgan fingerprint density at radius 1 is 1.35 bits per heavy atom. The molecular weight excluding hydrogens is 276 g/mol. The molecular formula is C14H11ClN4O. The number of rotatable bonds is 2. The van der Waals surface area contributed by atoms with Crippen molar-refractivity contribution in [1.82, 2.24) is 14.4 Å². The van der Waals surface area contributed by atoms with Crippen LogP contribution in [0, 0.1) is 0 Å². The first kappa shape index (κ1) is 12.6. The molecule has 0 bridgehead atoms. The lowest BCUT2D eigenvalue weighted by molar-refractivity contribution is 1.05. The number of fused-ring (bicyclic) bond motifs is 1. The van der Waals surface area contributed by atoms with Crippen LogP contribution in [0.15, 0.2) is 47.7 Å². The Morgan fingerprint density at radius 3 is 2.90 bits per heavy atom. The van der Waals surface area contributed by atoms with E-state index < -0.39 is 0 Å². The number of aromatic nitrogens is 3. The smallest absolute Gasteiger partial charge is 0.283 e. The van der Waals surface area contributed by atoms with Gasteiger partial charge in [-0.2, -0.15) is 4.98 Å². The molecule has 0 aliphatic rings. The van der Waals surface area contributed by atoms with Gasteiger partial charge in [0.05, 0.1) is 11.1 Å². The Kier molecular flexibility index (Phi) is 3.12. The first-order valence-corrected chi connectivity index (χ1v) is 6.38. The summed E-state index contributed by atoms with van der Waals surface area (Å²) in [6, 6.07) is 7.09. The lowest BCUT2D eigenvalue weighted by atomic mass is 10.1. The van der Waals surface area contributed by atoms with Gasteiger partial charge < -0.3 is 5.32 Å². The van der Waals surface area contributed by atoms with Crippen LogP contribution in [0.1, 0.15) is 0 Å². The van der Waals surface area contributed by atoms with E-state index in [1.54, 1.807) is 48.2 Å². The molecule has 0 radical (unpaired) electrons. The average molecular weight is 287 g/mol. The van der Waals surface area contributed by atoms with Crippen LogP contribution in [0.3, 0.4) is 0 Å². The second-order valence-electron chi connectivity index (χ2n) is 4.21. The summed E-state index contributed by atoms with van der Waals surface area (Å²) in [6.45, 7) is 0. The maximum atomic E-state index is 12.3. The molecule has 3 aromatic rings. The second kappa shape index (κ2) is 4.94. The van der Waals surface area contributed by atoms with Crippen LogP contribution in [0.5, 0.6) is 0 Å². The van der Waals surface area contributed by atoms with Gasteiger partial charge >= 0.3 is 0 Å². The van der Waals surface area contributed by atoms with E-state index in [9.17, 15) is 4.79 Å². The molecule has 0 saturated heterocycles. The van der Waals surface area contributed by atoms with Gasteiger partial charge in [0.2, 0.25) is 5.95 Å². The molecule has 100 valence electrons. The number of hydrogen-bond acceptors (Lipinski definition) is 4. The minimum Gasteiger partial charge on any atom is -0.358 e. The van der Waals surface area contributed by atoms with Crippen molar-refractivity contribution in [3.8, 4) is 11.1 Å². The molecule has 1 N–H and O–H groups in total. The third kappa shape index (κ3) is 2.02. The van der Waals surface area contributed by atoms with Gasteiger partial charge in [-0.3, -0.25) is 14.2 Å². The summed E-state index contributed by atoms with van der Waals surface area (Å²) in [5, 5.41) is 3.46. The molecule has 6 heteroatoms. The van der Waals surface area contributed by atoms with Gasteiger partial charge in [0.15, 0.2) is 0 Å². The summed E-state index contributed by atoms with van der Waals surface area (Å²) in [5.74, 6) is 0.467. The summed E-state index contributed by atoms with van der Waals surface area (Å²) in [6.07, 6.45) is 5.07. The number of anilines is 1. The molecule has 3 rings (SSSR count). The molecule has 0 aromatic carbocycles. The molecule has 20 heavy (non-hydrogen) atoms. The highest BCUT2D eigenvalue weighted by Crippen LogP contribution is 2.24. The third-order valence-corrected chi connectivity index (χ3v) is 3.23. The van der Waals surface area contributed by atoms with Gasteiger partial charge in [0, 0.05) is 36.2 Å². The van der Waals surface area contributed by atoms with Crippen molar-refractivity contribution in [2.24, 2.45) is 0 Å². The van der Waals surface area contributed by atoms with Crippen molar-refractivity contribution in [2.75, 3.05) is 12.4 Å². The number of nitrogens with zero attached hydrogens (tertiary/aromatic N) is 3. The highest BCUT2D eigenvalue weighted by atomic mass is 35.5. The van der Waals surface area contributed by atoms with Crippen LogP contribution < -0.4 is 10.9 Å². The SMILES string of the molecule is CNc1nc(=O)c(-c2cccnc2)c2cc(Cl)ccn12. The number of hydrogen-bond donors (Lipinski definition) is 1. The fraction of sp³-hybridized carbons (Fsp3) is 0.0714. The number of nitrogens with one attached hydrogen (secondary N) is 1. The van der Waals surface area contributed by atoms with E-state index in [0.29, 0.717) is 27.6 Å². The van der Waals surface area contributed by atoms with Gasteiger partial charge in [-0.25, -0.2) is 0 Å². The van der Waals surface area contributed by atoms with Crippen LogP contribution in [0.4, 0.5) is 5.95 Å². The lowest BCUT2D eigenvalue weighted by Gasteiger charge is -2.11. The first-order chi connectivity index (χ1) is 9.70. The summed E-state index contributed by atoms with van der Waals surface area (Å²) in [7, 11) is 1.71. The van der Waals surface area contributed by atoms with Crippen LogP contribution >= 0.6 is 11.6 Å². The highest BCUT2D eigenvalue weighted by Gasteiger charge is 2.13. The molecule has 0 spiro atoms. The van der Waals surface area contributed by atoms with Gasteiger partial charge in [-0.15, -0.1) is 0 Å². The molecule has 0 atom stereocenters. The highest BCUT2D eigenvalue weighted by molar-refractivity contribution is 6.31. The predicted molar refractivity (Wildman–Crippen MR) is 79.2 cm³/mol. The van der Waals surface area contributed by atoms with Crippen LogP contribution in [-0.4, -0.2) is 21.4 Å². The maximum Gasteiger partial charge on any atom is 0.283 e. The van der Waals surface area contributed by atoms with Crippen molar-refractivity contribution >= 4 is 23.1 Å². The van der Waals surface area contributed by atoms with Gasteiger partial charge in [0.1, 0.15) is 0 Å². The molecule has 0 saturated carbocycles. The zero-order valence-electron chi connectivity index (χ0n) is 10.7.